The molecule has 0 aliphatic heterocycles. The van der Waals surface area contributed by atoms with Crippen LogP contribution in [0.2, 0.25) is 5.02 Å². The topological polar surface area (TPSA) is 61.3 Å². The molecule has 29 heavy (non-hydrogen) atoms. The summed E-state index contributed by atoms with van der Waals surface area (Å²) in [6.45, 7) is 0.211. The van der Waals surface area contributed by atoms with Gasteiger partial charge in [-0.2, -0.15) is 11.8 Å². The van der Waals surface area contributed by atoms with E-state index in [1.54, 1.807) is 6.26 Å². The summed E-state index contributed by atoms with van der Waals surface area (Å²) in [6.07, 6.45) is 4.61. The number of thioether (sulfide) groups is 1. The minimum atomic E-state index is -0.678. The first kappa shape index (κ1) is 21.1. The summed E-state index contributed by atoms with van der Waals surface area (Å²) in [5.41, 5.74) is 1.40. The van der Waals surface area contributed by atoms with Gasteiger partial charge in [-0.1, -0.05) is 41.9 Å². The SMILES string of the molecule is COC(=O)c1nccnc1C(SC)c1c(F)ccc(Cl)c1OCc1ccccc1. The Bertz CT molecular complexity index is 1000. The Labute approximate surface area is 177 Å². The molecule has 0 spiro atoms. The summed E-state index contributed by atoms with van der Waals surface area (Å²) in [5, 5.41) is -0.415. The van der Waals surface area contributed by atoms with Gasteiger partial charge in [0.25, 0.3) is 0 Å². The van der Waals surface area contributed by atoms with E-state index in [1.165, 1.54) is 43.4 Å². The van der Waals surface area contributed by atoms with E-state index in [9.17, 15) is 9.18 Å². The molecule has 0 amide bonds. The van der Waals surface area contributed by atoms with Crippen LogP contribution in [0.15, 0.2) is 54.9 Å². The number of aromatic nitrogens is 2. The highest BCUT2D eigenvalue weighted by molar-refractivity contribution is 7.99. The van der Waals surface area contributed by atoms with E-state index in [2.05, 4.69) is 9.97 Å². The van der Waals surface area contributed by atoms with Gasteiger partial charge in [-0.15, -0.1) is 0 Å². The van der Waals surface area contributed by atoms with Gasteiger partial charge in [0.15, 0.2) is 5.69 Å². The third kappa shape index (κ3) is 4.68. The van der Waals surface area contributed by atoms with Crippen molar-refractivity contribution in [2.24, 2.45) is 0 Å². The molecule has 1 aromatic heterocycles. The van der Waals surface area contributed by atoms with Gasteiger partial charge in [0.2, 0.25) is 0 Å². The first-order valence-electron chi connectivity index (χ1n) is 8.63. The quantitative estimate of drug-likeness (QED) is 0.485. The van der Waals surface area contributed by atoms with Gasteiger partial charge in [0, 0.05) is 12.4 Å². The molecule has 0 aliphatic carbocycles. The molecule has 0 aliphatic rings. The zero-order valence-electron chi connectivity index (χ0n) is 15.8. The lowest BCUT2D eigenvalue weighted by Gasteiger charge is -2.21. The summed E-state index contributed by atoms with van der Waals surface area (Å²) in [5.74, 6) is -0.962. The van der Waals surface area contributed by atoms with Crippen molar-refractivity contribution in [1.82, 2.24) is 9.97 Å². The molecule has 0 radical (unpaired) electrons. The Morgan fingerprint density at radius 1 is 1.17 bits per heavy atom. The lowest BCUT2D eigenvalue weighted by Crippen LogP contribution is -2.14. The molecule has 0 fully saturated rings. The lowest BCUT2D eigenvalue weighted by molar-refractivity contribution is 0.0592. The van der Waals surface area contributed by atoms with Gasteiger partial charge in [-0.3, -0.25) is 4.98 Å². The number of hydrogen-bond donors (Lipinski definition) is 0. The molecule has 1 atom stereocenters. The predicted molar refractivity (Wildman–Crippen MR) is 111 cm³/mol. The van der Waals surface area contributed by atoms with Crippen molar-refractivity contribution in [1.29, 1.82) is 0 Å². The summed E-state index contributed by atoms with van der Waals surface area (Å²) in [4.78, 5) is 20.5. The number of methoxy groups -OCH3 is 1. The molecule has 2 aromatic carbocycles. The second-order valence-corrected chi connectivity index (χ2v) is 7.29. The first-order chi connectivity index (χ1) is 14.1. The average molecular weight is 433 g/mol. The van der Waals surface area contributed by atoms with Crippen LogP contribution in [0.5, 0.6) is 5.75 Å². The van der Waals surface area contributed by atoms with Crippen molar-refractivity contribution in [2.45, 2.75) is 11.9 Å². The highest BCUT2D eigenvalue weighted by Gasteiger charge is 2.29. The second kappa shape index (κ2) is 9.71. The molecule has 0 bridgehead atoms. The number of carbonyl (C=O) groups excluding carboxylic acids is 1. The fraction of sp³-hybridized carbons (Fsp3) is 0.190. The van der Waals surface area contributed by atoms with Gasteiger partial charge in [-0.25, -0.2) is 14.2 Å². The van der Waals surface area contributed by atoms with Crippen molar-refractivity contribution in [3.8, 4) is 5.75 Å². The largest absolute Gasteiger partial charge is 0.487 e. The predicted octanol–water partition coefficient (Wildman–Crippen LogP) is 5.09. The monoisotopic (exact) mass is 432 g/mol. The van der Waals surface area contributed by atoms with Crippen molar-refractivity contribution < 1.29 is 18.7 Å². The second-order valence-electron chi connectivity index (χ2n) is 5.94. The van der Waals surface area contributed by atoms with Gasteiger partial charge in [0.1, 0.15) is 18.2 Å². The van der Waals surface area contributed by atoms with Crippen LogP contribution in [0.1, 0.15) is 32.6 Å². The summed E-state index contributed by atoms with van der Waals surface area (Å²) in [7, 11) is 1.25. The fourth-order valence-electron chi connectivity index (χ4n) is 2.83. The maximum absolute atomic E-state index is 15.0. The lowest BCUT2D eigenvalue weighted by atomic mass is 10.0. The zero-order valence-corrected chi connectivity index (χ0v) is 17.3. The Morgan fingerprint density at radius 3 is 2.59 bits per heavy atom. The molecule has 5 nitrogen and oxygen atoms in total. The van der Waals surface area contributed by atoms with Crippen LogP contribution in [0.4, 0.5) is 4.39 Å². The van der Waals surface area contributed by atoms with Gasteiger partial charge < -0.3 is 9.47 Å². The summed E-state index contributed by atoms with van der Waals surface area (Å²) >= 11 is 7.65. The Kier molecular flexibility index (Phi) is 7.06. The van der Waals surface area contributed by atoms with Gasteiger partial charge >= 0.3 is 5.97 Å². The zero-order chi connectivity index (χ0) is 20.8. The molecule has 3 rings (SSSR count). The van der Waals surface area contributed by atoms with Crippen LogP contribution in [-0.4, -0.2) is 29.3 Å². The standard InChI is InChI=1S/C21H18ClFN2O3S/c1-27-21(26)18-17(24-10-11-25-18)20(29-2)16-15(23)9-8-14(22)19(16)28-12-13-6-4-3-5-7-13/h3-11,20H,12H2,1-2H3. The Balaban J connectivity index is 2.07. The average Bonchev–Trinajstić information content (AvgIpc) is 2.76. The number of halogens is 2. The van der Waals surface area contributed by atoms with Gasteiger partial charge in [0.05, 0.1) is 28.6 Å². The molecule has 8 heteroatoms. The molecule has 0 saturated carbocycles. The van der Waals surface area contributed by atoms with E-state index in [0.29, 0.717) is 0 Å². The maximum atomic E-state index is 15.0. The van der Waals surface area contributed by atoms with Crippen molar-refractivity contribution in [3.63, 3.8) is 0 Å². The first-order valence-corrected chi connectivity index (χ1v) is 10.3. The molecular weight excluding hydrogens is 415 g/mol. The number of esters is 1. The number of rotatable bonds is 7. The number of carbonyl (C=O) groups is 1. The van der Waals surface area contributed by atoms with E-state index in [0.717, 1.165) is 5.56 Å². The van der Waals surface area contributed by atoms with Crippen LogP contribution in [0.25, 0.3) is 0 Å². The molecule has 150 valence electrons. The number of benzene rings is 2. The maximum Gasteiger partial charge on any atom is 0.358 e. The minimum absolute atomic E-state index is 0.0164. The molecular formula is C21H18ClFN2O3S. The minimum Gasteiger partial charge on any atom is -0.487 e. The van der Waals surface area contributed by atoms with Crippen molar-refractivity contribution >= 4 is 29.3 Å². The normalized spacial score (nSPS) is 11.7. The van der Waals surface area contributed by atoms with E-state index in [4.69, 9.17) is 21.1 Å². The Morgan fingerprint density at radius 2 is 1.90 bits per heavy atom. The highest BCUT2D eigenvalue weighted by atomic mass is 35.5. The number of ether oxygens (including phenoxy) is 2. The molecule has 0 N–H and O–H groups in total. The van der Waals surface area contributed by atoms with Crippen LogP contribution in [0, 0.1) is 5.82 Å². The van der Waals surface area contributed by atoms with Crippen LogP contribution >= 0.6 is 23.4 Å². The summed E-state index contributed by atoms with van der Waals surface area (Å²) < 4.78 is 25.7. The summed E-state index contributed by atoms with van der Waals surface area (Å²) in [6, 6.07) is 12.2. The number of nitrogens with zero attached hydrogens (tertiary/aromatic N) is 2. The van der Waals surface area contributed by atoms with Crippen molar-refractivity contribution in [3.05, 3.63) is 88.2 Å². The molecule has 0 saturated heterocycles. The smallest absolute Gasteiger partial charge is 0.358 e. The van der Waals surface area contributed by atoms with E-state index >= 15 is 0 Å². The van der Waals surface area contributed by atoms with Crippen LogP contribution < -0.4 is 4.74 Å². The van der Waals surface area contributed by atoms with E-state index in [1.807, 2.05) is 30.3 Å². The van der Waals surface area contributed by atoms with Crippen LogP contribution in [0.3, 0.4) is 0 Å². The van der Waals surface area contributed by atoms with E-state index in [-0.39, 0.29) is 34.3 Å². The van der Waals surface area contributed by atoms with Gasteiger partial charge in [-0.05, 0) is 24.0 Å². The van der Waals surface area contributed by atoms with Crippen LogP contribution in [-0.2, 0) is 11.3 Å². The third-order valence-corrected chi connectivity index (χ3v) is 5.40. The van der Waals surface area contributed by atoms with E-state index < -0.39 is 17.0 Å². The number of hydrogen-bond acceptors (Lipinski definition) is 6. The highest BCUT2D eigenvalue weighted by Crippen LogP contribution is 2.44. The molecule has 3 aromatic rings. The van der Waals surface area contributed by atoms with Crippen molar-refractivity contribution in [2.75, 3.05) is 13.4 Å². The fourth-order valence-corrected chi connectivity index (χ4v) is 3.90. The molecule has 1 unspecified atom stereocenters. The Hall–Kier alpha value is -2.64. The third-order valence-electron chi connectivity index (χ3n) is 4.17. The molecule has 1 heterocycles.